The zero-order chi connectivity index (χ0) is 26.5. The Balaban J connectivity index is 1.55. The number of rotatable bonds is 10. The van der Waals surface area contributed by atoms with Crippen LogP contribution in [0.4, 0.5) is 5.69 Å². The van der Waals surface area contributed by atoms with Gasteiger partial charge in [-0.05, 0) is 55.8 Å². The smallest absolute Gasteiger partial charge is 0.243 e. The van der Waals surface area contributed by atoms with Gasteiger partial charge in [-0.15, -0.1) is 0 Å². The number of nitrogens with one attached hydrogen (secondary N) is 1. The van der Waals surface area contributed by atoms with Crippen LogP contribution < -0.4 is 14.4 Å². The van der Waals surface area contributed by atoms with Crippen molar-refractivity contribution in [3.8, 4) is 5.75 Å². The molecular formula is C23H30ClN3O7S2. The molecule has 1 aliphatic heterocycles. The van der Waals surface area contributed by atoms with Crippen molar-refractivity contribution in [1.82, 2.24) is 9.62 Å². The minimum atomic E-state index is -3.77. The van der Waals surface area contributed by atoms with Crippen LogP contribution in [0.25, 0.3) is 0 Å². The highest BCUT2D eigenvalue weighted by atomic mass is 35.5. The number of hydrogen-bond donors (Lipinski definition) is 1. The number of ether oxygens (including phenoxy) is 2. The normalized spacial score (nSPS) is 15.8. The van der Waals surface area contributed by atoms with E-state index in [1.807, 2.05) is 0 Å². The van der Waals surface area contributed by atoms with Gasteiger partial charge in [-0.3, -0.25) is 9.10 Å². The number of carbonyl (C=O) groups is 1. The van der Waals surface area contributed by atoms with Gasteiger partial charge in [0.15, 0.2) is 0 Å². The van der Waals surface area contributed by atoms with E-state index in [1.54, 1.807) is 31.2 Å². The predicted molar refractivity (Wildman–Crippen MR) is 137 cm³/mol. The van der Waals surface area contributed by atoms with E-state index in [-0.39, 0.29) is 18.0 Å². The maximum absolute atomic E-state index is 12.7. The Kier molecular flexibility index (Phi) is 9.23. The van der Waals surface area contributed by atoms with E-state index in [2.05, 4.69) is 5.32 Å². The third kappa shape index (κ3) is 6.88. The molecule has 2 aromatic rings. The highest BCUT2D eigenvalue weighted by Crippen LogP contribution is 2.26. The SMILES string of the molecule is Cc1ccc(N([C@H](C)C(=O)NCCOc2ccc(S(=O)(=O)N3CCOCC3)cc2)S(C)(=O)=O)cc1Cl. The van der Waals surface area contributed by atoms with Gasteiger partial charge >= 0.3 is 0 Å². The monoisotopic (exact) mass is 559 g/mol. The fourth-order valence-corrected chi connectivity index (χ4v) is 6.41. The van der Waals surface area contributed by atoms with Crippen molar-refractivity contribution in [2.75, 3.05) is 50.0 Å². The van der Waals surface area contributed by atoms with Gasteiger partial charge in [0.1, 0.15) is 18.4 Å². The van der Waals surface area contributed by atoms with Crippen LogP contribution in [0.5, 0.6) is 5.75 Å². The molecule has 198 valence electrons. The van der Waals surface area contributed by atoms with Crippen molar-refractivity contribution in [2.24, 2.45) is 0 Å². The molecule has 0 aliphatic carbocycles. The summed E-state index contributed by atoms with van der Waals surface area (Å²) in [6.45, 7) is 4.85. The van der Waals surface area contributed by atoms with Crippen molar-refractivity contribution < 1.29 is 31.1 Å². The summed E-state index contributed by atoms with van der Waals surface area (Å²) in [5.41, 5.74) is 1.08. The summed E-state index contributed by atoms with van der Waals surface area (Å²) in [5, 5.41) is 3.06. The molecule has 0 unspecified atom stereocenters. The molecule has 1 atom stereocenters. The van der Waals surface area contributed by atoms with Crippen LogP contribution in [0.2, 0.25) is 5.02 Å². The van der Waals surface area contributed by atoms with Crippen molar-refractivity contribution in [1.29, 1.82) is 0 Å². The molecule has 0 spiro atoms. The molecule has 2 aromatic carbocycles. The van der Waals surface area contributed by atoms with Crippen molar-refractivity contribution in [2.45, 2.75) is 24.8 Å². The zero-order valence-electron chi connectivity index (χ0n) is 20.3. The number of carbonyl (C=O) groups excluding carboxylic acids is 1. The first-order valence-corrected chi connectivity index (χ1v) is 14.9. The number of aryl methyl sites for hydroxylation is 1. The van der Waals surface area contributed by atoms with Crippen molar-refractivity contribution in [3.05, 3.63) is 53.1 Å². The number of benzene rings is 2. The molecule has 0 bridgehead atoms. The molecule has 1 aliphatic rings. The Morgan fingerprint density at radius 3 is 2.36 bits per heavy atom. The first-order chi connectivity index (χ1) is 16.9. The highest BCUT2D eigenvalue weighted by molar-refractivity contribution is 7.92. The lowest BCUT2D eigenvalue weighted by Gasteiger charge is -2.28. The molecular weight excluding hydrogens is 530 g/mol. The Labute approximate surface area is 217 Å². The fourth-order valence-electron chi connectivity index (χ4n) is 3.66. The van der Waals surface area contributed by atoms with Crippen LogP contribution in [0.1, 0.15) is 12.5 Å². The van der Waals surface area contributed by atoms with E-state index in [0.717, 1.165) is 16.1 Å². The van der Waals surface area contributed by atoms with Gasteiger partial charge in [-0.25, -0.2) is 16.8 Å². The molecule has 0 radical (unpaired) electrons. The van der Waals surface area contributed by atoms with Crippen LogP contribution in [-0.4, -0.2) is 78.8 Å². The Morgan fingerprint density at radius 2 is 1.78 bits per heavy atom. The molecule has 36 heavy (non-hydrogen) atoms. The third-order valence-corrected chi connectivity index (χ3v) is 9.16. The molecule has 1 N–H and O–H groups in total. The first-order valence-electron chi connectivity index (χ1n) is 11.3. The maximum Gasteiger partial charge on any atom is 0.243 e. The second kappa shape index (κ2) is 11.8. The molecule has 1 fully saturated rings. The lowest BCUT2D eigenvalue weighted by molar-refractivity contribution is -0.121. The minimum absolute atomic E-state index is 0.100. The van der Waals surface area contributed by atoms with Gasteiger partial charge in [0.2, 0.25) is 26.0 Å². The van der Waals surface area contributed by atoms with Crippen LogP contribution >= 0.6 is 11.6 Å². The molecule has 10 nitrogen and oxygen atoms in total. The number of morpholine rings is 1. The summed E-state index contributed by atoms with van der Waals surface area (Å²) in [6, 6.07) is 9.80. The average Bonchev–Trinajstić information content (AvgIpc) is 2.84. The predicted octanol–water partition coefficient (Wildman–Crippen LogP) is 2.02. The summed E-state index contributed by atoms with van der Waals surface area (Å²) in [5.74, 6) is -0.0713. The van der Waals surface area contributed by atoms with Crippen molar-refractivity contribution >= 4 is 43.2 Å². The zero-order valence-corrected chi connectivity index (χ0v) is 22.7. The fraction of sp³-hybridized carbons (Fsp3) is 0.435. The second-order valence-electron chi connectivity index (χ2n) is 8.30. The molecule has 1 heterocycles. The largest absolute Gasteiger partial charge is 0.492 e. The maximum atomic E-state index is 12.7. The number of halogens is 1. The minimum Gasteiger partial charge on any atom is -0.492 e. The number of nitrogens with zero attached hydrogens (tertiary/aromatic N) is 2. The van der Waals surface area contributed by atoms with Gasteiger partial charge < -0.3 is 14.8 Å². The quantitative estimate of drug-likeness (QED) is 0.442. The van der Waals surface area contributed by atoms with Crippen LogP contribution in [-0.2, 0) is 29.6 Å². The van der Waals surface area contributed by atoms with Crippen LogP contribution in [0.15, 0.2) is 47.4 Å². The molecule has 0 aromatic heterocycles. The summed E-state index contributed by atoms with van der Waals surface area (Å²) in [6.07, 6.45) is 1.02. The van der Waals surface area contributed by atoms with E-state index >= 15 is 0 Å². The molecule has 3 rings (SSSR count). The van der Waals surface area contributed by atoms with Gasteiger partial charge in [-0.1, -0.05) is 17.7 Å². The molecule has 13 heteroatoms. The average molecular weight is 560 g/mol. The number of anilines is 1. The van der Waals surface area contributed by atoms with Gasteiger partial charge in [-0.2, -0.15) is 4.31 Å². The van der Waals surface area contributed by atoms with E-state index in [9.17, 15) is 21.6 Å². The van der Waals surface area contributed by atoms with E-state index in [4.69, 9.17) is 21.1 Å². The van der Waals surface area contributed by atoms with E-state index < -0.39 is 32.0 Å². The van der Waals surface area contributed by atoms with Crippen LogP contribution in [0.3, 0.4) is 0 Å². The van der Waals surface area contributed by atoms with Gasteiger partial charge in [0.25, 0.3) is 0 Å². The summed E-state index contributed by atoms with van der Waals surface area (Å²) in [4.78, 5) is 12.8. The standard InChI is InChI=1S/C23H30ClN3O7S2/c1-17-4-5-19(16-22(17)24)27(35(3,29)30)18(2)23(28)25-10-13-34-20-6-8-21(9-7-20)36(31,32)26-11-14-33-15-12-26/h4-9,16,18H,10-15H2,1-3H3,(H,25,28)/t18-/m1/s1. The topological polar surface area (TPSA) is 122 Å². The van der Waals surface area contributed by atoms with E-state index in [1.165, 1.54) is 29.4 Å². The lowest BCUT2D eigenvalue weighted by atomic mass is 10.2. The number of sulfonamides is 2. The number of amides is 1. The van der Waals surface area contributed by atoms with Crippen LogP contribution in [0, 0.1) is 6.92 Å². The second-order valence-corrected chi connectivity index (χ2v) is 12.5. The highest BCUT2D eigenvalue weighted by Gasteiger charge is 2.29. The Hall–Kier alpha value is -2.38. The summed E-state index contributed by atoms with van der Waals surface area (Å²) >= 11 is 6.15. The Morgan fingerprint density at radius 1 is 1.14 bits per heavy atom. The summed E-state index contributed by atoms with van der Waals surface area (Å²) < 4.78 is 63.4. The molecule has 1 saturated heterocycles. The number of hydrogen-bond acceptors (Lipinski definition) is 7. The van der Waals surface area contributed by atoms with Gasteiger partial charge in [0.05, 0.1) is 36.6 Å². The Bertz CT molecular complexity index is 1280. The van der Waals surface area contributed by atoms with Gasteiger partial charge in [0, 0.05) is 18.1 Å². The summed E-state index contributed by atoms with van der Waals surface area (Å²) in [7, 11) is -7.36. The lowest BCUT2D eigenvalue weighted by Crippen LogP contribution is -2.48. The molecule has 1 amide bonds. The molecule has 0 saturated carbocycles. The van der Waals surface area contributed by atoms with Crippen molar-refractivity contribution in [3.63, 3.8) is 0 Å². The van der Waals surface area contributed by atoms with E-state index in [0.29, 0.717) is 42.8 Å². The first kappa shape index (κ1) is 28.2. The third-order valence-electron chi connectivity index (χ3n) is 5.60.